The molecule has 136 valence electrons. The Balaban J connectivity index is 1.49. The molecule has 0 radical (unpaired) electrons. The second kappa shape index (κ2) is 7.77. The Morgan fingerprint density at radius 1 is 1.16 bits per heavy atom. The highest BCUT2D eigenvalue weighted by molar-refractivity contribution is 5.96. The van der Waals surface area contributed by atoms with Crippen molar-refractivity contribution in [2.45, 2.75) is 18.9 Å². The van der Waals surface area contributed by atoms with Gasteiger partial charge in [0, 0.05) is 44.8 Å². The first-order chi connectivity index (χ1) is 12.0. The van der Waals surface area contributed by atoms with Crippen LogP contribution in [0.5, 0.6) is 0 Å². The lowest BCUT2D eigenvalue weighted by Gasteiger charge is -2.35. The highest BCUT2D eigenvalue weighted by Crippen LogP contribution is 2.21. The zero-order valence-corrected chi connectivity index (χ0v) is 13.9. The number of nitrogens with zero attached hydrogens (tertiary/aromatic N) is 3. The second-order valence-electron chi connectivity index (χ2n) is 6.37. The van der Waals surface area contributed by atoms with Crippen LogP contribution >= 0.6 is 0 Å². The van der Waals surface area contributed by atoms with Gasteiger partial charge in [0.2, 0.25) is 5.91 Å². The van der Waals surface area contributed by atoms with E-state index < -0.39 is 6.43 Å². The van der Waals surface area contributed by atoms with Crippen LogP contribution in [0, 0.1) is 0 Å². The highest BCUT2D eigenvalue weighted by Gasteiger charge is 2.33. The van der Waals surface area contributed by atoms with Crippen LogP contribution in [0.2, 0.25) is 0 Å². The quantitative estimate of drug-likeness (QED) is 0.891. The zero-order valence-electron chi connectivity index (χ0n) is 13.9. The molecule has 1 atom stereocenters. The molecule has 0 saturated carbocycles. The van der Waals surface area contributed by atoms with Gasteiger partial charge in [-0.05, 0) is 12.1 Å². The number of nitrogens with one attached hydrogen (secondary N) is 1. The van der Waals surface area contributed by atoms with Crippen LogP contribution < -0.4 is 10.2 Å². The fraction of sp³-hybridized carbons (Fsp3) is 0.529. The maximum atomic E-state index is 12.4. The molecule has 25 heavy (non-hydrogen) atoms. The van der Waals surface area contributed by atoms with E-state index >= 15 is 0 Å². The van der Waals surface area contributed by atoms with Gasteiger partial charge in [0.1, 0.15) is 0 Å². The molecule has 1 N–H and O–H groups in total. The molecule has 2 heterocycles. The molecular formula is C17H22F2N4O2. The van der Waals surface area contributed by atoms with Crippen LogP contribution in [0.25, 0.3) is 0 Å². The molecule has 8 heteroatoms. The van der Waals surface area contributed by atoms with Gasteiger partial charge in [-0.25, -0.2) is 13.6 Å². The molecule has 2 aliphatic rings. The number of rotatable bonds is 4. The standard InChI is InChI=1S/C17H22F2N4O2/c18-15(19)12-21-6-8-22(9-7-21)17(25)20-13-10-16(24)23(11-13)14-4-2-1-3-5-14/h1-5,13,15H,6-12H2,(H,20,25)/t13-/m0/s1. The van der Waals surface area contributed by atoms with Gasteiger partial charge in [0.15, 0.2) is 0 Å². The Kier molecular flexibility index (Phi) is 5.47. The molecular weight excluding hydrogens is 330 g/mol. The summed E-state index contributed by atoms with van der Waals surface area (Å²) < 4.78 is 24.8. The van der Waals surface area contributed by atoms with Crippen molar-refractivity contribution in [3.8, 4) is 0 Å². The number of carbonyl (C=O) groups excluding carboxylic acids is 2. The molecule has 2 fully saturated rings. The van der Waals surface area contributed by atoms with Crippen molar-refractivity contribution < 1.29 is 18.4 Å². The zero-order chi connectivity index (χ0) is 17.8. The summed E-state index contributed by atoms with van der Waals surface area (Å²) in [5.41, 5.74) is 0.824. The summed E-state index contributed by atoms with van der Waals surface area (Å²) in [5, 5.41) is 2.89. The Labute approximate surface area is 145 Å². The lowest BCUT2D eigenvalue weighted by Crippen LogP contribution is -2.54. The molecule has 3 amide bonds. The van der Waals surface area contributed by atoms with Gasteiger partial charge in [-0.3, -0.25) is 9.69 Å². The first-order valence-electron chi connectivity index (χ1n) is 8.44. The predicted octanol–water partition coefficient (Wildman–Crippen LogP) is 1.38. The molecule has 0 bridgehead atoms. The summed E-state index contributed by atoms with van der Waals surface area (Å²) in [4.78, 5) is 29.5. The smallest absolute Gasteiger partial charge is 0.317 e. The third kappa shape index (κ3) is 4.45. The van der Waals surface area contributed by atoms with E-state index in [1.807, 2.05) is 30.3 Å². The minimum Gasteiger partial charge on any atom is -0.333 e. The maximum Gasteiger partial charge on any atom is 0.317 e. The van der Waals surface area contributed by atoms with Gasteiger partial charge in [0.25, 0.3) is 6.43 Å². The van der Waals surface area contributed by atoms with E-state index in [-0.39, 0.29) is 30.9 Å². The van der Waals surface area contributed by atoms with Crippen molar-refractivity contribution in [3.05, 3.63) is 30.3 Å². The minimum absolute atomic E-state index is 0.0155. The number of urea groups is 1. The number of benzene rings is 1. The first-order valence-corrected chi connectivity index (χ1v) is 8.44. The van der Waals surface area contributed by atoms with Crippen molar-refractivity contribution in [1.82, 2.24) is 15.1 Å². The molecule has 2 saturated heterocycles. The van der Waals surface area contributed by atoms with Crippen LogP contribution in [0.15, 0.2) is 30.3 Å². The number of alkyl halides is 2. The number of halogens is 2. The van der Waals surface area contributed by atoms with E-state index in [1.54, 1.807) is 14.7 Å². The molecule has 1 aromatic rings. The fourth-order valence-corrected chi connectivity index (χ4v) is 3.26. The molecule has 0 aromatic heterocycles. The van der Waals surface area contributed by atoms with Gasteiger partial charge in [-0.15, -0.1) is 0 Å². The van der Waals surface area contributed by atoms with E-state index in [1.165, 1.54) is 0 Å². The molecule has 1 aromatic carbocycles. The van der Waals surface area contributed by atoms with E-state index in [2.05, 4.69) is 5.32 Å². The van der Waals surface area contributed by atoms with Crippen LogP contribution in [0.3, 0.4) is 0 Å². The fourth-order valence-electron chi connectivity index (χ4n) is 3.26. The van der Waals surface area contributed by atoms with E-state index in [4.69, 9.17) is 0 Å². The van der Waals surface area contributed by atoms with Gasteiger partial charge < -0.3 is 15.1 Å². The summed E-state index contributed by atoms with van der Waals surface area (Å²) in [6, 6.07) is 8.88. The molecule has 6 nitrogen and oxygen atoms in total. The van der Waals surface area contributed by atoms with Crippen molar-refractivity contribution >= 4 is 17.6 Å². The Bertz CT molecular complexity index is 606. The number of hydrogen-bond donors (Lipinski definition) is 1. The van der Waals surface area contributed by atoms with Gasteiger partial charge in [0.05, 0.1) is 12.6 Å². The Morgan fingerprint density at radius 2 is 1.84 bits per heavy atom. The Hall–Kier alpha value is -2.22. The first kappa shape index (κ1) is 17.6. The minimum atomic E-state index is -2.35. The maximum absolute atomic E-state index is 12.4. The summed E-state index contributed by atoms with van der Waals surface area (Å²) in [6.45, 7) is 1.91. The second-order valence-corrected chi connectivity index (χ2v) is 6.37. The normalized spacial score (nSPS) is 21.9. The third-order valence-corrected chi connectivity index (χ3v) is 4.58. The monoisotopic (exact) mass is 352 g/mol. The highest BCUT2D eigenvalue weighted by atomic mass is 19.3. The van der Waals surface area contributed by atoms with Crippen molar-refractivity contribution in [3.63, 3.8) is 0 Å². The van der Waals surface area contributed by atoms with Crippen LogP contribution in [-0.4, -0.2) is 73.5 Å². The number of para-hydroxylation sites is 1. The number of hydrogen-bond acceptors (Lipinski definition) is 3. The van der Waals surface area contributed by atoms with E-state index in [0.29, 0.717) is 32.7 Å². The largest absolute Gasteiger partial charge is 0.333 e. The van der Waals surface area contributed by atoms with Gasteiger partial charge in [-0.1, -0.05) is 18.2 Å². The lowest BCUT2D eigenvalue weighted by molar-refractivity contribution is -0.117. The topological polar surface area (TPSA) is 55.9 Å². The van der Waals surface area contributed by atoms with E-state index in [0.717, 1.165) is 5.69 Å². The van der Waals surface area contributed by atoms with Gasteiger partial charge >= 0.3 is 6.03 Å². The number of amides is 3. The lowest BCUT2D eigenvalue weighted by atomic mass is 10.2. The molecule has 0 unspecified atom stereocenters. The SMILES string of the molecule is O=C(N[C@H]1CC(=O)N(c2ccccc2)C1)N1CCN(CC(F)F)CC1. The Morgan fingerprint density at radius 3 is 2.48 bits per heavy atom. The molecule has 2 aliphatic heterocycles. The molecule has 0 aliphatic carbocycles. The molecule has 3 rings (SSSR count). The summed E-state index contributed by atoms with van der Waals surface area (Å²) >= 11 is 0. The predicted molar refractivity (Wildman–Crippen MR) is 89.7 cm³/mol. The average Bonchev–Trinajstić information content (AvgIpc) is 2.96. The van der Waals surface area contributed by atoms with Crippen molar-refractivity contribution in [2.75, 3.05) is 44.2 Å². The van der Waals surface area contributed by atoms with E-state index in [9.17, 15) is 18.4 Å². The third-order valence-electron chi connectivity index (χ3n) is 4.58. The number of carbonyl (C=O) groups is 2. The average molecular weight is 352 g/mol. The summed E-state index contributed by atoms with van der Waals surface area (Å²) in [5.74, 6) is -0.0155. The summed E-state index contributed by atoms with van der Waals surface area (Å²) in [6.07, 6.45) is -2.08. The van der Waals surface area contributed by atoms with Crippen LogP contribution in [-0.2, 0) is 4.79 Å². The van der Waals surface area contributed by atoms with Crippen LogP contribution in [0.4, 0.5) is 19.3 Å². The number of anilines is 1. The number of piperazine rings is 1. The van der Waals surface area contributed by atoms with Crippen molar-refractivity contribution in [2.24, 2.45) is 0 Å². The van der Waals surface area contributed by atoms with Crippen molar-refractivity contribution in [1.29, 1.82) is 0 Å². The molecule has 0 spiro atoms. The van der Waals surface area contributed by atoms with Gasteiger partial charge in [-0.2, -0.15) is 0 Å². The summed E-state index contributed by atoms with van der Waals surface area (Å²) in [7, 11) is 0. The van der Waals surface area contributed by atoms with Crippen LogP contribution in [0.1, 0.15) is 6.42 Å².